The molecular formula is C10H8FN3O2. The number of hydrogen-bond donors (Lipinski definition) is 0. The molecule has 0 aliphatic carbocycles. The largest absolute Gasteiger partial charge is 0.381 e. The van der Waals surface area contributed by atoms with Crippen molar-refractivity contribution >= 4 is 5.82 Å². The van der Waals surface area contributed by atoms with Crippen molar-refractivity contribution in [1.82, 2.24) is 9.55 Å². The standard InChI is InChI=1S/C10H8FN3O2/c11-5-8-2-1-3-9(4-8)13-6-10(12-7-13)14(15)16/h1-4,6-7H,5H2. The highest BCUT2D eigenvalue weighted by atomic mass is 19.1. The van der Waals surface area contributed by atoms with Gasteiger partial charge in [0.25, 0.3) is 0 Å². The fourth-order valence-corrected chi connectivity index (χ4v) is 1.35. The number of benzene rings is 1. The molecule has 5 nitrogen and oxygen atoms in total. The molecule has 6 heteroatoms. The summed E-state index contributed by atoms with van der Waals surface area (Å²) in [4.78, 5) is 13.5. The highest BCUT2D eigenvalue weighted by Crippen LogP contribution is 2.14. The van der Waals surface area contributed by atoms with E-state index < -0.39 is 11.6 Å². The predicted molar refractivity (Wildman–Crippen MR) is 55.0 cm³/mol. The molecule has 2 rings (SSSR count). The molecule has 1 heterocycles. The second-order valence-corrected chi connectivity index (χ2v) is 3.20. The number of halogens is 1. The summed E-state index contributed by atoms with van der Waals surface area (Å²) in [6.45, 7) is -0.565. The van der Waals surface area contributed by atoms with Crippen LogP contribution in [0.4, 0.5) is 10.2 Å². The second kappa shape index (κ2) is 4.09. The molecule has 0 radical (unpaired) electrons. The van der Waals surface area contributed by atoms with E-state index in [1.807, 2.05) is 0 Å². The van der Waals surface area contributed by atoms with Crippen LogP contribution in [0.5, 0.6) is 0 Å². The van der Waals surface area contributed by atoms with Crippen LogP contribution in [-0.4, -0.2) is 14.5 Å². The molecular weight excluding hydrogens is 213 g/mol. The Morgan fingerprint density at radius 1 is 1.50 bits per heavy atom. The smallest absolute Gasteiger partial charge is 0.358 e. The molecule has 82 valence electrons. The molecule has 2 aromatic rings. The summed E-state index contributed by atoms with van der Waals surface area (Å²) < 4.78 is 13.9. The average Bonchev–Trinajstić information content (AvgIpc) is 2.78. The van der Waals surface area contributed by atoms with E-state index in [2.05, 4.69) is 4.98 Å². The monoisotopic (exact) mass is 221 g/mol. The summed E-state index contributed by atoms with van der Waals surface area (Å²) in [7, 11) is 0. The van der Waals surface area contributed by atoms with Crippen molar-refractivity contribution < 1.29 is 9.31 Å². The maximum atomic E-state index is 12.4. The molecule has 16 heavy (non-hydrogen) atoms. The minimum Gasteiger partial charge on any atom is -0.358 e. The number of aromatic nitrogens is 2. The molecule has 1 aromatic heterocycles. The zero-order valence-electron chi connectivity index (χ0n) is 8.21. The van der Waals surface area contributed by atoms with Crippen LogP contribution >= 0.6 is 0 Å². The zero-order valence-corrected chi connectivity index (χ0v) is 8.21. The van der Waals surface area contributed by atoms with Gasteiger partial charge in [0.1, 0.15) is 12.9 Å². The quantitative estimate of drug-likeness (QED) is 0.589. The van der Waals surface area contributed by atoms with Gasteiger partial charge in [-0.15, -0.1) is 0 Å². The first-order valence-corrected chi connectivity index (χ1v) is 4.54. The van der Waals surface area contributed by atoms with Crippen LogP contribution in [-0.2, 0) is 6.67 Å². The fraction of sp³-hybridized carbons (Fsp3) is 0.100. The van der Waals surface area contributed by atoms with E-state index in [1.54, 1.807) is 24.3 Å². The van der Waals surface area contributed by atoms with Crippen LogP contribution in [0, 0.1) is 10.1 Å². The summed E-state index contributed by atoms with van der Waals surface area (Å²) in [6.07, 6.45) is 2.62. The van der Waals surface area contributed by atoms with Crippen molar-refractivity contribution in [2.45, 2.75) is 6.67 Å². The van der Waals surface area contributed by atoms with E-state index in [9.17, 15) is 14.5 Å². The third-order valence-electron chi connectivity index (χ3n) is 2.12. The normalized spacial score (nSPS) is 10.3. The summed E-state index contributed by atoms with van der Waals surface area (Å²) in [5, 5.41) is 10.4. The van der Waals surface area contributed by atoms with Crippen molar-refractivity contribution in [2.75, 3.05) is 0 Å². The Hall–Kier alpha value is -2.24. The number of rotatable bonds is 3. The number of nitrogens with zero attached hydrogens (tertiary/aromatic N) is 3. The van der Waals surface area contributed by atoms with E-state index in [1.165, 1.54) is 17.1 Å². The topological polar surface area (TPSA) is 61.0 Å². The Labute approximate surface area is 90.3 Å². The van der Waals surface area contributed by atoms with Crippen molar-refractivity contribution in [3.8, 4) is 5.69 Å². The summed E-state index contributed by atoms with van der Waals surface area (Å²) in [5.74, 6) is -0.231. The first kappa shape index (κ1) is 10.3. The third kappa shape index (κ3) is 1.90. The molecule has 0 unspecified atom stereocenters. The van der Waals surface area contributed by atoms with Crippen LogP contribution in [0.3, 0.4) is 0 Å². The number of imidazole rings is 1. The molecule has 0 fully saturated rings. The maximum Gasteiger partial charge on any atom is 0.381 e. The first-order chi connectivity index (χ1) is 7.70. The Balaban J connectivity index is 2.38. The van der Waals surface area contributed by atoms with Crippen molar-refractivity contribution in [3.05, 3.63) is 52.5 Å². The van der Waals surface area contributed by atoms with Gasteiger partial charge in [0.05, 0.1) is 0 Å². The molecule has 0 bridgehead atoms. The highest BCUT2D eigenvalue weighted by molar-refractivity contribution is 5.37. The lowest BCUT2D eigenvalue weighted by Crippen LogP contribution is -1.91. The van der Waals surface area contributed by atoms with E-state index in [4.69, 9.17) is 0 Å². The van der Waals surface area contributed by atoms with Gasteiger partial charge in [-0.2, -0.15) is 0 Å². The van der Waals surface area contributed by atoms with E-state index >= 15 is 0 Å². The number of alkyl halides is 1. The molecule has 0 atom stereocenters. The Morgan fingerprint density at radius 2 is 2.31 bits per heavy atom. The zero-order chi connectivity index (χ0) is 11.5. The summed E-state index contributed by atoms with van der Waals surface area (Å²) in [6, 6.07) is 6.68. The molecule has 0 N–H and O–H groups in total. The van der Waals surface area contributed by atoms with Gasteiger partial charge in [0.15, 0.2) is 0 Å². The van der Waals surface area contributed by atoms with Crippen molar-refractivity contribution in [2.24, 2.45) is 0 Å². The lowest BCUT2D eigenvalue weighted by molar-refractivity contribution is -0.389. The predicted octanol–water partition coefficient (Wildman–Crippen LogP) is 2.25. The second-order valence-electron chi connectivity index (χ2n) is 3.20. The van der Waals surface area contributed by atoms with Crippen molar-refractivity contribution in [3.63, 3.8) is 0 Å². The average molecular weight is 221 g/mol. The molecule has 0 saturated carbocycles. The Bertz CT molecular complexity index is 524. The Kier molecular flexibility index (Phi) is 2.63. The summed E-state index contributed by atoms with van der Waals surface area (Å²) in [5.41, 5.74) is 1.17. The van der Waals surface area contributed by atoms with Gasteiger partial charge in [-0.3, -0.25) is 4.57 Å². The van der Waals surface area contributed by atoms with Gasteiger partial charge in [0.2, 0.25) is 6.33 Å². The van der Waals surface area contributed by atoms with Crippen LogP contribution < -0.4 is 0 Å². The van der Waals surface area contributed by atoms with Gasteiger partial charge in [-0.1, -0.05) is 12.1 Å². The Morgan fingerprint density at radius 3 is 2.94 bits per heavy atom. The molecule has 0 amide bonds. The molecule has 1 aromatic carbocycles. The van der Waals surface area contributed by atoms with Gasteiger partial charge >= 0.3 is 5.82 Å². The van der Waals surface area contributed by atoms with E-state index in [-0.39, 0.29) is 5.82 Å². The van der Waals surface area contributed by atoms with E-state index in [0.717, 1.165) is 0 Å². The third-order valence-corrected chi connectivity index (χ3v) is 2.12. The van der Waals surface area contributed by atoms with Gasteiger partial charge in [0, 0.05) is 5.69 Å². The van der Waals surface area contributed by atoms with Crippen molar-refractivity contribution in [1.29, 1.82) is 0 Å². The van der Waals surface area contributed by atoms with Crippen LogP contribution in [0.25, 0.3) is 5.69 Å². The molecule has 0 saturated heterocycles. The van der Waals surface area contributed by atoms with Crippen LogP contribution in [0.2, 0.25) is 0 Å². The van der Waals surface area contributed by atoms with E-state index in [0.29, 0.717) is 11.3 Å². The van der Waals surface area contributed by atoms with Crippen LogP contribution in [0.15, 0.2) is 36.8 Å². The minimum atomic E-state index is -0.574. The highest BCUT2D eigenvalue weighted by Gasteiger charge is 2.10. The number of hydrogen-bond acceptors (Lipinski definition) is 3. The van der Waals surface area contributed by atoms with Gasteiger partial charge < -0.3 is 10.1 Å². The lowest BCUT2D eigenvalue weighted by Gasteiger charge is -2.01. The lowest BCUT2D eigenvalue weighted by atomic mass is 10.2. The van der Waals surface area contributed by atoms with Crippen LogP contribution in [0.1, 0.15) is 5.56 Å². The van der Waals surface area contributed by atoms with Gasteiger partial charge in [-0.25, -0.2) is 4.39 Å². The summed E-state index contributed by atoms with van der Waals surface area (Å²) >= 11 is 0. The molecule has 0 aliphatic heterocycles. The minimum absolute atomic E-state index is 0.231. The maximum absolute atomic E-state index is 12.4. The fourth-order valence-electron chi connectivity index (χ4n) is 1.35. The molecule has 0 aliphatic rings. The number of nitro groups is 1. The SMILES string of the molecule is O=[N+]([O-])c1cn(-c2cccc(CF)c2)cn1. The molecule has 0 spiro atoms. The first-order valence-electron chi connectivity index (χ1n) is 4.54. The van der Waals surface area contributed by atoms with Gasteiger partial charge in [-0.05, 0) is 27.6 Å².